The van der Waals surface area contributed by atoms with E-state index in [1.807, 2.05) is 0 Å². The largest absolute Gasteiger partial charge is 0.476 e. The van der Waals surface area contributed by atoms with Gasteiger partial charge in [0.2, 0.25) is 5.88 Å². The van der Waals surface area contributed by atoms with Gasteiger partial charge in [0.25, 0.3) is 0 Å². The molecule has 2 rings (SSSR count). The first kappa shape index (κ1) is 11.6. The Balaban J connectivity index is 1.99. The first-order valence-electron chi connectivity index (χ1n) is 5.68. The van der Waals surface area contributed by atoms with Gasteiger partial charge in [0.15, 0.2) is 0 Å². The monoisotopic (exact) mass is 285 g/mol. The number of nitrogens with one attached hydrogen (secondary N) is 1. The van der Waals surface area contributed by atoms with E-state index < -0.39 is 0 Å². The number of aromatic nitrogens is 2. The Morgan fingerprint density at radius 1 is 1.50 bits per heavy atom. The van der Waals surface area contributed by atoms with Crippen molar-refractivity contribution in [1.29, 1.82) is 0 Å². The standard InChI is InChI=1S/C11H16BrN3O/c1-2-5-13-10-9(12)11(15-7-14-10)16-6-8-3-4-8/h7-8H,2-6H2,1H3,(H,13,14,15). The summed E-state index contributed by atoms with van der Waals surface area (Å²) in [5.41, 5.74) is 0. The van der Waals surface area contributed by atoms with E-state index in [0.29, 0.717) is 5.88 Å². The molecule has 1 heterocycles. The van der Waals surface area contributed by atoms with Crippen LogP contribution < -0.4 is 10.1 Å². The summed E-state index contributed by atoms with van der Waals surface area (Å²) < 4.78 is 6.47. The molecule has 16 heavy (non-hydrogen) atoms. The number of hydrogen-bond donors (Lipinski definition) is 1. The Kier molecular flexibility index (Phi) is 3.98. The third-order valence-corrected chi connectivity index (χ3v) is 3.17. The zero-order chi connectivity index (χ0) is 11.4. The average Bonchev–Trinajstić information content (AvgIpc) is 3.10. The molecule has 1 aromatic heterocycles. The SMILES string of the molecule is CCCNc1ncnc(OCC2CC2)c1Br. The van der Waals surface area contributed by atoms with Gasteiger partial charge in [-0.05, 0) is 41.1 Å². The van der Waals surface area contributed by atoms with Crippen molar-refractivity contribution in [3.63, 3.8) is 0 Å². The fraction of sp³-hybridized carbons (Fsp3) is 0.636. The molecule has 0 aromatic carbocycles. The maximum Gasteiger partial charge on any atom is 0.233 e. The van der Waals surface area contributed by atoms with Gasteiger partial charge in [-0.15, -0.1) is 0 Å². The van der Waals surface area contributed by atoms with Crippen LogP contribution in [0.5, 0.6) is 5.88 Å². The summed E-state index contributed by atoms with van der Waals surface area (Å²) in [7, 11) is 0. The topological polar surface area (TPSA) is 47.0 Å². The third kappa shape index (κ3) is 3.07. The Labute approximate surface area is 104 Å². The highest BCUT2D eigenvalue weighted by Crippen LogP contribution is 2.32. The fourth-order valence-corrected chi connectivity index (χ4v) is 1.76. The van der Waals surface area contributed by atoms with Crippen LogP contribution in [0.3, 0.4) is 0 Å². The van der Waals surface area contributed by atoms with E-state index in [4.69, 9.17) is 4.74 Å². The van der Waals surface area contributed by atoms with Gasteiger partial charge >= 0.3 is 0 Å². The molecule has 1 aliphatic rings. The highest BCUT2D eigenvalue weighted by atomic mass is 79.9. The molecule has 1 aromatic rings. The summed E-state index contributed by atoms with van der Waals surface area (Å²) in [5.74, 6) is 2.18. The van der Waals surface area contributed by atoms with Crippen LogP contribution in [-0.2, 0) is 0 Å². The molecule has 0 saturated heterocycles. The maximum absolute atomic E-state index is 5.64. The van der Waals surface area contributed by atoms with E-state index in [-0.39, 0.29) is 0 Å². The minimum atomic E-state index is 0.639. The number of anilines is 1. The molecule has 4 nitrogen and oxygen atoms in total. The van der Waals surface area contributed by atoms with Crippen molar-refractivity contribution in [2.45, 2.75) is 26.2 Å². The molecule has 5 heteroatoms. The zero-order valence-electron chi connectivity index (χ0n) is 9.37. The average molecular weight is 286 g/mol. The van der Waals surface area contributed by atoms with Crippen LogP contribution in [-0.4, -0.2) is 23.1 Å². The van der Waals surface area contributed by atoms with E-state index in [1.54, 1.807) is 0 Å². The number of hydrogen-bond acceptors (Lipinski definition) is 4. The Morgan fingerprint density at radius 2 is 2.31 bits per heavy atom. The Morgan fingerprint density at radius 3 is 3.00 bits per heavy atom. The van der Waals surface area contributed by atoms with Crippen molar-refractivity contribution in [1.82, 2.24) is 9.97 Å². The van der Waals surface area contributed by atoms with E-state index in [2.05, 4.69) is 38.1 Å². The van der Waals surface area contributed by atoms with Crippen molar-refractivity contribution >= 4 is 21.7 Å². The van der Waals surface area contributed by atoms with Gasteiger partial charge in [0.05, 0.1) is 6.61 Å². The second kappa shape index (κ2) is 5.48. The van der Waals surface area contributed by atoms with Gasteiger partial charge in [-0.1, -0.05) is 6.92 Å². The second-order valence-corrected chi connectivity index (χ2v) is 4.82. The van der Waals surface area contributed by atoms with Gasteiger partial charge < -0.3 is 10.1 Å². The van der Waals surface area contributed by atoms with Crippen molar-refractivity contribution < 1.29 is 4.74 Å². The van der Waals surface area contributed by atoms with Gasteiger partial charge in [-0.25, -0.2) is 9.97 Å². The highest BCUT2D eigenvalue weighted by molar-refractivity contribution is 9.10. The summed E-state index contributed by atoms with van der Waals surface area (Å²) in [6.07, 6.45) is 5.16. The minimum Gasteiger partial charge on any atom is -0.476 e. The quantitative estimate of drug-likeness (QED) is 0.873. The van der Waals surface area contributed by atoms with Gasteiger partial charge in [0.1, 0.15) is 16.6 Å². The minimum absolute atomic E-state index is 0.639. The molecular formula is C11H16BrN3O. The summed E-state index contributed by atoms with van der Waals surface area (Å²) in [6.45, 7) is 3.78. The van der Waals surface area contributed by atoms with Crippen LogP contribution in [0.15, 0.2) is 10.8 Å². The van der Waals surface area contributed by atoms with Gasteiger partial charge in [-0.3, -0.25) is 0 Å². The Bertz CT molecular complexity index is 355. The predicted molar refractivity (Wildman–Crippen MR) is 66.7 cm³/mol. The zero-order valence-corrected chi connectivity index (χ0v) is 11.0. The van der Waals surface area contributed by atoms with Crippen molar-refractivity contribution in [3.05, 3.63) is 10.8 Å². The number of rotatable bonds is 6. The molecule has 0 bridgehead atoms. The van der Waals surface area contributed by atoms with Crippen molar-refractivity contribution in [2.75, 3.05) is 18.5 Å². The maximum atomic E-state index is 5.64. The smallest absolute Gasteiger partial charge is 0.233 e. The lowest BCUT2D eigenvalue weighted by Gasteiger charge is -2.10. The number of ether oxygens (including phenoxy) is 1. The lowest BCUT2D eigenvalue weighted by molar-refractivity contribution is 0.286. The van der Waals surface area contributed by atoms with Crippen LogP contribution in [0.1, 0.15) is 26.2 Å². The molecule has 0 radical (unpaired) electrons. The number of nitrogens with zero attached hydrogens (tertiary/aromatic N) is 2. The molecule has 1 saturated carbocycles. The van der Waals surface area contributed by atoms with E-state index in [0.717, 1.165) is 35.8 Å². The molecule has 88 valence electrons. The second-order valence-electron chi connectivity index (χ2n) is 4.02. The van der Waals surface area contributed by atoms with Gasteiger partial charge in [-0.2, -0.15) is 0 Å². The summed E-state index contributed by atoms with van der Waals surface area (Å²) in [6, 6.07) is 0. The van der Waals surface area contributed by atoms with Gasteiger partial charge in [0, 0.05) is 6.54 Å². The summed E-state index contributed by atoms with van der Waals surface area (Å²) >= 11 is 3.47. The molecule has 1 fully saturated rings. The van der Waals surface area contributed by atoms with E-state index in [9.17, 15) is 0 Å². The Hall–Kier alpha value is -0.840. The molecule has 0 aliphatic heterocycles. The molecule has 1 N–H and O–H groups in total. The van der Waals surface area contributed by atoms with Crippen LogP contribution in [0.2, 0.25) is 0 Å². The first-order valence-corrected chi connectivity index (χ1v) is 6.47. The molecule has 0 unspecified atom stereocenters. The molecular weight excluding hydrogens is 270 g/mol. The van der Waals surface area contributed by atoms with Crippen molar-refractivity contribution in [3.8, 4) is 5.88 Å². The lowest BCUT2D eigenvalue weighted by Crippen LogP contribution is -2.06. The highest BCUT2D eigenvalue weighted by Gasteiger charge is 2.23. The molecule has 0 spiro atoms. The molecule has 1 aliphatic carbocycles. The first-order chi connectivity index (χ1) is 7.81. The van der Waals surface area contributed by atoms with E-state index >= 15 is 0 Å². The lowest BCUT2D eigenvalue weighted by atomic mass is 10.4. The summed E-state index contributed by atoms with van der Waals surface area (Å²) in [5, 5.41) is 3.23. The van der Waals surface area contributed by atoms with Crippen LogP contribution in [0.25, 0.3) is 0 Å². The van der Waals surface area contributed by atoms with Crippen LogP contribution in [0.4, 0.5) is 5.82 Å². The predicted octanol–water partition coefficient (Wildman–Crippen LogP) is 2.85. The fourth-order valence-electron chi connectivity index (χ4n) is 1.30. The number of halogens is 1. The normalized spacial score (nSPS) is 14.9. The third-order valence-electron chi connectivity index (χ3n) is 2.45. The molecule has 0 atom stereocenters. The molecule has 0 amide bonds. The van der Waals surface area contributed by atoms with Crippen molar-refractivity contribution in [2.24, 2.45) is 5.92 Å². The van der Waals surface area contributed by atoms with Crippen LogP contribution in [0, 0.1) is 5.92 Å². The van der Waals surface area contributed by atoms with E-state index in [1.165, 1.54) is 19.2 Å². The van der Waals surface area contributed by atoms with Crippen LogP contribution >= 0.6 is 15.9 Å². The summed E-state index contributed by atoms with van der Waals surface area (Å²) in [4.78, 5) is 8.30.